The van der Waals surface area contributed by atoms with Gasteiger partial charge in [0.15, 0.2) is 5.82 Å². The maximum absolute atomic E-state index is 12.4. The molecular formula is C29H35ClN8O4S. The lowest BCUT2D eigenvalue weighted by Gasteiger charge is -2.21. The minimum absolute atomic E-state index is 0.190. The highest BCUT2D eigenvalue weighted by molar-refractivity contribution is 7.92. The summed E-state index contributed by atoms with van der Waals surface area (Å²) in [4.78, 5) is 23.3. The van der Waals surface area contributed by atoms with Gasteiger partial charge in [-0.25, -0.2) is 13.4 Å². The van der Waals surface area contributed by atoms with Crippen LogP contribution in [0.5, 0.6) is 5.75 Å². The van der Waals surface area contributed by atoms with Crippen LogP contribution in [-0.4, -0.2) is 76.3 Å². The molecule has 0 saturated heterocycles. The molecule has 0 saturated carbocycles. The number of para-hydroxylation sites is 1. The Morgan fingerprint density at radius 3 is 2.65 bits per heavy atom. The second-order valence-electron chi connectivity index (χ2n) is 10.0. The molecule has 1 aliphatic heterocycles. The van der Waals surface area contributed by atoms with Crippen molar-refractivity contribution in [2.45, 2.75) is 19.8 Å². The van der Waals surface area contributed by atoms with Crippen molar-refractivity contribution in [2.75, 3.05) is 72.7 Å². The summed E-state index contributed by atoms with van der Waals surface area (Å²) >= 11 is 6.45. The number of halogens is 1. The smallest absolute Gasteiger partial charge is 0.300 e. The van der Waals surface area contributed by atoms with Crippen LogP contribution in [-0.2, 0) is 21.2 Å². The van der Waals surface area contributed by atoms with Gasteiger partial charge in [-0.15, -0.1) is 0 Å². The molecule has 2 heterocycles. The predicted octanol–water partition coefficient (Wildman–Crippen LogP) is 4.27. The van der Waals surface area contributed by atoms with Gasteiger partial charge in [0, 0.05) is 19.2 Å². The van der Waals surface area contributed by atoms with Gasteiger partial charge in [0.25, 0.3) is 5.91 Å². The normalized spacial score (nSPS) is 12.3. The number of carbonyl (C=O) groups is 1. The molecule has 1 amide bonds. The van der Waals surface area contributed by atoms with Crippen LogP contribution in [0.2, 0.25) is 5.02 Å². The van der Waals surface area contributed by atoms with Crippen molar-refractivity contribution in [2.24, 2.45) is 0 Å². The summed E-state index contributed by atoms with van der Waals surface area (Å²) in [7, 11) is 2.08. The highest BCUT2D eigenvalue weighted by Gasteiger charge is 2.29. The largest absolute Gasteiger partial charge is 0.494 e. The first-order valence-electron chi connectivity index (χ1n) is 13.5. The summed E-state index contributed by atoms with van der Waals surface area (Å²) in [5, 5.41) is 12.7. The fourth-order valence-corrected chi connectivity index (χ4v) is 5.71. The number of nitrogens with zero attached hydrogens (tertiary/aromatic N) is 4. The zero-order valence-electron chi connectivity index (χ0n) is 24.7. The molecule has 0 bridgehead atoms. The number of aromatic nitrogens is 2. The van der Waals surface area contributed by atoms with Gasteiger partial charge in [-0.1, -0.05) is 29.7 Å². The molecule has 0 unspecified atom stereocenters. The third kappa shape index (κ3) is 7.98. The van der Waals surface area contributed by atoms with Crippen LogP contribution in [0.25, 0.3) is 0 Å². The van der Waals surface area contributed by atoms with Crippen LogP contribution in [0, 0.1) is 11.8 Å². The molecule has 0 atom stereocenters. The third-order valence-electron chi connectivity index (χ3n) is 6.52. The number of sulfonamides is 1. The van der Waals surface area contributed by atoms with E-state index in [4.69, 9.17) is 16.3 Å². The van der Waals surface area contributed by atoms with Crippen LogP contribution < -0.4 is 30.3 Å². The summed E-state index contributed by atoms with van der Waals surface area (Å²) in [6.07, 6.45) is 4.11. The summed E-state index contributed by atoms with van der Waals surface area (Å²) in [6, 6.07) is 9.00. The molecule has 3 aromatic rings. The number of hydrogen-bond donors (Lipinski definition) is 4. The first-order valence-corrected chi connectivity index (χ1v) is 15.7. The summed E-state index contributed by atoms with van der Waals surface area (Å²) in [5.74, 6) is 5.58. The Balaban J connectivity index is 1.64. The van der Waals surface area contributed by atoms with Crippen molar-refractivity contribution in [3.8, 4) is 17.6 Å². The molecule has 0 spiro atoms. The summed E-state index contributed by atoms with van der Waals surface area (Å²) in [5.41, 5.74) is 3.67. The minimum Gasteiger partial charge on any atom is -0.494 e. The molecule has 14 heteroatoms. The van der Waals surface area contributed by atoms with Gasteiger partial charge in [0.2, 0.25) is 16.0 Å². The zero-order valence-corrected chi connectivity index (χ0v) is 26.3. The molecule has 0 radical (unpaired) electrons. The van der Waals surface area contributed by atoms with E-state index in [-0.39, 0.29) is 16.8 Å². The molecule has 1 aromatic heterocycles. The van der Waals surface area contributed by atoms with Crippen LogP contribution in [0.3, 0.4) is 0 Å². The van der Waals surface area contributed by atoms with Gasteiger partial charge in [-0.2, -0.15) is 4.98 Å². The Bertz CT molecular complexity index is 1670. The van der Waals surface area contributed by atoms with Crippen molar-refractivity contribution >= 4 is 67.7 Å². The number of amides is 1. The second-order valence-corrected chi connectivity index (χ2v) is 12.4. The van der Waals surface area contributed by atoms with Crippen molar-refractivity contribution in [3.05, 3.63) is 47.1 Å². The number of hydrogen-bond acceptors (Lipinski definition) is 10. The molecule has 43 heavy (non-hydrogen) atoms. The van der Waals surface area contributed by atoms with Crippen molar-refractivity contribution < 1.29 is 17.9 Å². The van der Waals surface area contributed by atoms with Crippen LogP contribution in [0.15, 0.2) is 36.5 Å². The monoisotopic (exact) mass is 626 g/mol. The number of benzene rings is 2. The molecule has 0 fully saturated rings. The Morgan fingerprint density at radius 2 is 1.95 bits per heavy atom. The first kappa shape index (κ1) is 31.7. The summed E-state index contributed by atoms with van der Waals surface area (Å²) in [6.45, 7) is 3.52. The lowest BCUT2D eigenvalue weighted by Crippen LogP contribution is -2.28. The topological polar surface area (TPSA) is 141 Å². The fraction of sp³-hybridized carbons (Fsp3) is 0.345. The summed E-state index contributed by atoms with van der Waals surface area (Å²) < 4.78 is 31.9. The number of fused-ring (bicyclic) bond motifs is 1. The van der Waals surface area contributed by atoms with Gasteiger partial charge < -0.3 is 30.9 Å². The van der Waals surface area contributed by atoms with E-state index >= 15 is 0 Å². The number of rotatable bonds is 12. The Morgan fingerprint density at radius 1 is 1.16 bits per heavy atom. The van der Waals surface area contributed by atoms with Gasteiger partial charge >= 0.3 is 0 Å². The number of nitrogens with one attached hydrogen (secondary N) is 4. The maximum Gasteiger partial charge on any atom is 0.300 e. The molecule has 4 N–H and O–H groups in total. The van der Waals surface area contributed by atoms with Crippen LogP contribution >= 0.6 is 11.6 Å². The van der Waals surface area contributed by atoms with E-state index in [0.29, 0.717) is 53.7 Å². The third-order valence-corrected chi connectivity index (χ3v) is 7.96. The molecule has 228 valence electrons. The van der Waals surface area contributed by atoms with Gasteiger partial charge in [0.05, 0.1) is 48.0 Å². The van der Waals surface area contributed by atoms with Gasteiger partial charge in [0.1, 0.15) is 10.8 Å². The van der Waals surface area contributed by atoms with Crippen molar-refractivity contribution in [1.29, 1.82) is 0 Å². The second kappa shape index (κ2) is 13.8. The molecule has 2 aromatic carbocycles. The van der Waals surface area contributed by atoms with E-state index < -0.39 is 15.9 Å². The van der Waals surface area contributed by atoms with Crippen molar-refractivity contribution in [1.82, 2.24) is 14.9 Å². The molecular weight excluding hydrogens is 592 g/mol. The molecule has 12 nitrogen and oxygen atoms in total. The fourth-order valence-electron chi connectivity index (χ4n) is 4.60. The van der Waals surface area contributed by atoms with E-state index in [0.717, 1.165) is 18.5 Å². The van der Waals surface area contributed by atoms with E-state index in [1.165, 1.54) is 23.9 Å². The van der Waals surface area contributed by atoms with Gasteiger partial charge in [-0.05, 0) is 64.0 Å². The lowest BCUT2D eigenvalue weighted by atomic mass is 10.1. The Labute approximate surface area is 257 Å². The number of carbonyl (C=O) groups excluding carboxylic acids is 1. The van der Waals surface area contributed by atoms with Crippen LogP contribution in [0.1, 0.15) is 18.9 Å². The van der Waals surface area contributed by atoms with Gasteiger partial charge in [-0.3, -0.25) is 9.10 Å². The number of methoxy groups -OCH3 is 1. The predicted molar refractivity (Wildman–Crippen MR) is 173 cm³/mol. The van der Waals surface area contributed by atoms with E-state index in [1.54, 1.807) is 25.1 Å². The number of ether oxygens (including phenoxy) is 1. The highest BCUT2D eigenvalue weighted by Crippen LogP contribution is 2.40. The van der Waals surface area contributed by atoms with E-state index in [9.17, 15) is 13.2 Å². The SMILES string of the molecule is CC#CC(=O)Nc1cc(Nc2ncc(Cl)c(Nc3cccc4c3N(S(C)(=O)=O)CC4)n2)c(OC)cc1NCCCN(C)C. The zero-order chi connectivity index (χ0) is 31.1. The van der Waals surface area contributed by atoms with E-state index in [1.807, 2.05) is 26.2 Å². The van der Waals surface area contributed by atoms with Crippen molar-refractivity contribution in [3.63, 3.8) is 0 Å². The maximum atomic E-state index is 12.4. The molecule has 1 aliphatic rings. The number of anilines is 7. The Hall–Kier alpha value is -4.25. The van der Waals surface area contributed by atoms with E-state index in [2.05, 4.69) is 48.0 Å². The first-order chi connectivity index (χ1) is 20.5. The Kier molecular flexibility index (Phi) is 10.2. The quantitative estimate of drug-likeness (QED) is 0.170. The van der Waals surface area contributed by atoms with Crippen LogP contribution in [0.4, 0.5) is 40.2 Å². The average Bonchev–Trinajstić information content (AvgIpc) is 3.40. The lowest BCUT2D eigenvalue weighted by molar-refractivity contribution is -0.111. The standard InChI is InChI=1S/C29H35ClN8O4S/c1-6-9-26(39)33-23-16-24(25(42-4)17-22(23)31-13-8-14-37(2)3)35-29-32-18-20(30)28(36-29)34-21-11-7-10-19-12-15-38(27(19)21)43(5,40)41/h7,10-11,16-18,31H,8,12-15H2,1-5H3,(H,33,39)(H2,32,34,35,36). The minimum atomic E-state index is -3.47. The highest BCUT2D eigenvalue weighted by atomic mass is 35.5. The molecule has 4 rings (SSSR count). The average molecular weight is 627 g/mol. The molecule has 0 aliphatic carbocycles.